The zero-order valence-electron chi connectivity index (χ0n) is 8.69. The Bertz CT molecular complexity index is 446. The standard InChI is InChI=1S/C10H7F5INO/c11-8(12)4-17-9(18)5-1-2-6(7(16)3-5)10(13,14)15/h1-3,8H,4H2,(H,17,18). The molecule has 0 saturated heterocycles. The quantitative estimate of drug-likeness (QED) is 0.634. The van der Waals surface area contributed by atoms with Gasteiger partial charge in [0.25, 0.3) is 12.3 Å². The second-order valence-corrected chi connectivity index (χ2v) is 4.46. The molecule has 18 heavy (non-hydrogen) atoms. The summed E-state index contributed by atoms with van der Waals surface area (Å²) in [4.78, 5) is 11.3. The first-order valence-electron chi connectivity index (χ1n) is 4.65. The molecule has 0 aliphatic carbocycles. The number of carbonyl (C=O) groups is 1. The minimum Gasteiger partial charge on any atom is -0.346 e. The molecule has 1 amide bonds. The van der Waals surface area contributed by atoms with E-state index in [2.05, 4.69) is 0 Å². The van der Waals surface area contributed by atoms with E-state index in [9.17, 15) is 26.7 Å². The number of hydrogen-bond acceptors (Lipinski definition) is 1. The number of rotatable bonds is 3. The highest BCUT2D eigenvalue weighted by Gasteiger charge is 2.33. The van der Waals surface area contributed by atoms with E-state index < -0.39 is 30.6 Å². The Morgan fingerprint density at radius 2 is 1.94 bits per heavy atom. The van der Waals surface area contributed by atoms with Crippen LogP contribution in [0.4, 0.5) is 22.0 Å². The lowest BCUT2D eigenvalue weighted by molar-refractivity contribution is -0.138. The van der Waals surface area contributed by atoms with E-state index in [1.165, 1.54) is 22.6 Å². The van der Waals surface area contributed by atoms with Crippen LogP contribution in [0.5, 0.6) is 0 Å². The SMILES string of the molecule is O=C(NCC(F)F)c1ccc(C(F)(F)F)c(I)c1. The van der Waals surface area contributed by atoms with Gasteiger partial charge in [0.15, 0.2) is 0 Å². The Kier molecular flexibility index (Phi) is 4.88. The van der Waals surface area contributed by atoms with Gasteiger partial charge in [-0.25, -0.2) is 8.78 Å². The predicted molar refractivity (Wildman–Crippen MR) is 62.5 cm³/mol. The molecule has 2 nitrogen and oxygen atoms in total. The first-order valence-corrected chi connectivity index (χ1v) is 5.73. The first-order chi connectivity index (χ1) is 8.21. The molecule has 1 aromatic carbocycles. The van der Waals surface area contributed by atoms with Crippen LogP contribution < -0.4 is 5.32 Å². The fourth-order valence-electron chi connectivity index (χ4n) is 1.16. The molecule has 1 N–H and O–H groups in total. The second kappa shape index (κ2) is 5.81. The van der Waals surface area contributed by atoms with Crippen LogP contribution >= 0.6 is 22.6 Å². The van der Waals surface area contributed by atoms with E-state index in [4.69, 9.17) is 0 Å². The fraction of sp³-hybridized carbons (Fsp3) is 0.300. The monoisotopic (exact) mass is 379 g/mol. The van der Waals surface area contributed by atoms with Crippen molar-refractivity contribution in [2.45, 2.75) is 12.6 Å². The number of alkyl halides is 5. The molecule has 0 bridgehead atoms. The van der Waals surface area contributed by atoms with Gasteiger partial charge in [-0.2, -0.15) is 13.2 Å². The molecule has 8 heteroatoms. The summed E-state index contributed by atoms with van der Waals surface area (Å²) in [5.74, 6) is -0.832. The van der Waals surface area contributed by atoms with Gasteiger partial charge in [-0.3, -0.25) is 4.79 Å². The third-order valence-corrected chi connectivity index (χ3v) is 2.85. The van der Waals surface area contributed by atoms with Gasteiger partial charge in [-0.15, -0.1) is 0 Å². The van der Waals surface area contributed by atoms with Crippen molar-refractivity contribution in [2.24, 2.45) is 0 Å². The van der Waals surface area contributed by atoms with Gasteiger partial charge >= 0.3 is 6.18 Å². The van der Waals surface area contributed by atoms with Crippen molar-refractivity contribution in [3.8, 4) is 0 Å². The van der Waals surface area contributed by atoms with Crippen molar-refractivity contribution in [1.29, 1.82) is 0 Å². The maximum atomic E-state index is 12.4. The molecule has 0 aliphatic heterocycles. The Hall–Kier alpha value is -0.930. The van der Waals surface area contributed by atoms with Crippen LogP contribution in [0.3, 0.4) is 0 Å². The van der Waals surface area contributed by atoms with E-state index in [1.54, 1.807) is 0 Å². The topological polar surface area (TPSA) is 29.1 Å². The van der Waals surface area contributed by atoms with Crippen LogP contribution in [0.1, 0.15) is 15.9 Å². The molecular weight excluding hydrogens is 372 g/mol. The van der Waals surface area contributed by atoms with Gasteiger partial charge in [-0.1, -0.05) is 0 Å². The molecule has 100 valence electrons. The Balaban J connectivity index is 2.88. The molecular formula is C10H7F5INO. The summed E-state index contributed by atoms with van der Waals surface area (Å²) in [7, 11) is 0. The number of hydrogen-bond donors (Lipinski definition) is 1. The summed E-state index contributed by atoms with van der Waals surface area (Å²) in [6, 6.07) is 2.70. The number of halogens is 6. The van der Waals surface area contributed by atoms with Crippen LogP contribution in [-0.2, 0) is 6.18 Å². The molecule has 1 aromatic rings. The second-order valence-electron chi connectivity index (χ2n) is 3.29. The van der Waals surface area contributed by atoms with E-state index in [1.807, 2.05) is 5.32 Å². The van der Waals surface area contributed by atoms with Gasteiger partial charge in [0.05, 0.1) is 12.1 Å². The van der Waals surface area contributed by atoms with Gasteiger partial charge in [-0.05, 0) is 40.8 Å². The molecule has 0 heterocycles. The molecule has 0 fully saturated rings. The average Bonchev–Trinajstić information content (AvgIpc) is 2.23. The zero-order chi connectivity index (χ0) is 13.9. The molecule has 0 atom stereocenters. The van der Waals surface area contributed by atoms with Crippen molar-refractivity contribution >= 4 is 28.5 Å². The minimum atomic E-state index is -4.51. The van der Waals surface area contributed by atoms with Gasteiger partial charge in [0, 0.05) is 9.13 Å². The van der Waals surface area contributed by atoms with E-state index >= 15 is 0 Å². The minimum absolute atomic E-state index is 0.0898. The summed E-state index contributed by atoms with van der Waals surface area (Å²) in [5, 5.41) is 1.91. The van der Waals surface area contributed by atoms with Crippen LogP contribution in [0.25, 0.3) is 0 Å². The van der Waals surface area contributed by atoms with Crippen molar-refractivity contribution in [3.63, 3.8) is 0 Å². The highest BCUT2D eigenvalue weighted by molar-refractivity contribution is 14.1. The smallest absolute Gasteiger partial charge is 0.346 e. The lowest BCUT2D eigenvalue weighted by atomic mass is 10.1. The van der Waals surface area contributed by atoms with Gasteiger partial charge < -0.3 is 5.32 Å². The van der Waals surface area contributed by atoms with Gasteiger partial charge in [0.2, 0.25) is 0 Å². The van der Waals surface area contributed by atoms with Crippen LogP contribution in [0.15, 0.2) is 18.2 Å². The Morgan fingerprint density at radius 1 is 1.33 bits per heavy atom. The Labute approximate surface area is 113 Å². The summed E-state index contributed by atoms with van der Waals surface area (Å²) >= 11 is 1.44. The first kappa shape index (κ1) is 15.1. The lowest BCUT2D eigenvalue weighted by Gasteiger charge is -2.10. The van der Waals surface area contributed by atoms with Gasteiger partial charge in [0.1, 0.15) is 0 Å². The van der Waals surface area contributed by atoms with Crippen LogP contribution in [0, 0.1) is 3.57 Å². The van der Waals surface area contributed by atoms with Crippen LogP contribution in [0.2, 0.25) is 0 Å². The summed E-state index contributed by atoms with van der Waals surface area (Å²) < 4.78 is 60.8. The van der Waals surface area contributed by atoms with Crippen molar-refractivity contribution in [2.75, 3.05) is 6.54 Å². The van der Waals surface area contributed by atoms with E-state index in [0.717, 1.165) is 18.2 Å². The third-order valence-electron chi connectivity index (χ3n) is 1.95. The van der Waals surface area contributed by atoms with Crippen LogP contribution in [-0.4, -0.2) is 18.9 Å². The lowest BCUT2D eigenvalue weighted by Crippen LogP contribution is -2.28. The summed E-state index contributed by atoms with van der Waals surface area (Å²) in [6.07, 6.45) is -7.21. The molecule has 1 rings (SSSR count). The van der Waals surface area contributed by atoms with E-state index in [-0.39, 0.29) is 9.13 Å². The molecule has 0 unspecified atom stereocenters. The number of benzene rings is 1. The fourth-order valence-corrected chi connectivity index (χ4v) is 1.98. The summed E-state index contributed by atoms with van der Waals surface area (Å²) in [6.45, 7) is -0.837. The highest BCUT2D eigenvalue weighted by Crippen LogP contribution is 2.33. The van der Waals surface area contributed by atoms with Crippen molar-refractivity contribution in [1.82, 2.24) is 5.32 Å². The largest absolute Gasteiger partial charge is 0.417 e. The normalized spacial score (nSPS) is 11.7. The van der Waals surface area contributed by atoms with Crippen molar-refractivity contribution < 1.29 is 26.7 Å². The average molecular weight is 379 g/mol. The highest BCUT2D eigenvalue weighted by atomic mass is 127. The predicted octanol–water partition coefficient (Wildman–Crippen LogP) is 3.30. The number of amides is 1. The molecule has 0 aromatic heterocycles. The van der Waals surface area contributed by atoms with Crippen molar-refractivity contribution in [3.05, 3.63) is 32.9 Å². The maximum absolute atomic E-state index is 12.4. The Morgan fingerprint density at radius 3 is 2.39 bits per heavy atom. The zero-order valence-corrected chi connectivity index (χ0v) is 10.9. The summed E-state index contributed by atoms with van der Waals surface area (Å²) in [5.41, 5.74) is -0.957. The maximum Gasteiger partial charge on any atom is 0.417 e. The number of nitrogens with one attached hydrogen (secondary N) is 1. The molecule has 0 saturated carbocycles. The molecule has 0 aliphatic rings. The number of carbonyl (C=O) groups excluding carboxylic acids is 1. The molecule has 0 spiro atoms. The molecule has 0 radical (unpaired) electrons. The van der Waals surface area contributed by atoms with E-state index in [0.29, 0.717) is 0 Å². The third kappa shape index (κ3) is 4.07.